The summed E-state index contributed by atoms with van der Waals surface area (Å²) < 4.78 is 7.04. The highest BCUT2D eigenvalue weighted by molar-refractivity contribution is 6.30. The molecule has 1 aromatic heterocycles. The second kappa shape index (κ2) is 7.93. The summed E-state index contributed by atoms with van der Waals surface area (Å²) in [6, 6.07) is 5.75. The SMILES string of the molecule is CCOC(=O)c1cnn2c1CN([N+]13C=CN=CC1=NC(Nc1ccc4c(c1)NC(=O)C4(C)C)=N3)CC2. The molecular formula is C24H26N9O3+. The number of amidine groups is 1. The van der Waals surface area contributed by atoms with Gasteiger partial charge in [0.25, 0.3) is 5.96 Å². The molecule has 4 aliphatic heterocycles. The number of fused-ring (bicyclic) bond motifs is 3. The van der Waals surface area contributed by atoms with Crippen LogP contribution in [-0.2, 0) is 28.0 Å². The number of hydrogen-bond donors (Lipinski definition) is 2. The summed E-state index contributed by atoms with van der Waals surface area (Å²) in [6.07, 6.45) is 6.79. The maximum Gasteiger partial charge on any atom is 0.341 e. The van der Waals surface area contributed by atoms with Crippen LogP contribution in [0.4, 0.5) is 11.4 Å². The Hall–Kier alpha value is -4.16. The molecule has 0 bridgehead atoms. The van der Waals surface area contributed by atoms with Gasteiger partial charge >= 0.3 is 11.8 Å². The predicted molar refractivity (Wildman–Crippen MR) is 133 cm³/mol. The van der Waals surface area contributed by atoms with Gasteiger partial charge in [-0.25, -0.2) is 4.79 Å². The van der Waals surface area contributed by atoms with Crippen molar-refractivity contribution in [1.82, 2.24) is 14.8 Å². The van der Waals surface area contributed by atoms with Crippen molar-refractivity contribution in [3.8, 4) is 0 Å². The van der Waals surface area contributed by atoms with E-state index in [0.717, 1.165) is 22.6 Å². The second-order valence-electron chi connectivity index (χ2n) is 9.42. The fourth-order valence-electron chi connectivity index (χ4n) is 4.89. The summed E-state index contributed by atoms with van der Waals surface area (Å²) in [6.45, 7) is 7.53. The number of carbonyl (C=O) groups is 2. The molecule has 184 valence electrons. The highest BCUT2D eigenvalue weighted by Gasteiger charge is 2.48. The Labute approximate surface area is 207 Å². The minimum atomic E-state index is -0.570. The number of aromatic nitrogens is 2. The number of ether oxygens (including phenoxy) is 1. The van der Waals surface area contributed by atoms with Crippen LogP contribution in [0.3, 0.4) is 0 Å². The molecule has 0 fully saturated rings. The predicted octanol–water partition coefficient (Wildman–Crippen LogP) is 2.19. The maximum absolute atomic E-state index is 12.5. The summed E-state index contributed by atoms with van der Waals surface area (Å²) in [5.74, 6) is 0.629. The number of aliphatic imine (C=N–C) groups is 2. The number of anilines is 2. The Balaban J connectivity index is 1.29. The van der Waals surface area contributed by atoms with Crippen LogP contribution in [0.15, 0.2) is 51.9 Å². The normalized spacial score (nSPS) is 23.4. The number of nitrogens with one attached hydrogen (secondary N) is 2. The average molecular weight is 489 g/mol. The van der Waals surface area contributed by atoms with Crippen molar-refractivity contribution in [2.24, 2.45) is 15.1 Å². The Bertz CT molecular complexity index is 1420. The molecule has 0 radical (unpaired) electrons. The van der Waals surface area contributed by atoms with Crippen molar-refractivity contribution in [1.29, 1.82) is 0 Å². The van der Waals surface area contributed by atoms with Crippen molar-refractivity contribution in [3.63, 3.8) is 0 Å². The van der Waals surface area contributed by atoms with E-state index in [0.29, 0.717) is 43.6 Å². The third-order valence-electron chi connectivity index (χ3n) is 6.90. The minimum Gasteiger partial charge on any atom is -0.462 e. The number of quaternary nitrogens is 1. The van der Waals surface area contributed by atoms with Gasteiger partial charge in [0, 0.05) is 11.4 Å². The molecule has 0 saturated carbocycles. The van der Waals surface area contributed by atoms with Crippen molar-refractivity contribution < 1.29 is 19.0 Å². The number of guanidine groups is 1. The molecule has 0 aliphatic carbocycles. The molecule has 36 heavy (non-hydrogen) atoms. The molecule has 0 saturated heterocycles. The lowest BCUT2D eigenvalue weighted by Crippen LogP contribution is -2.58. The van der Waals surface area contributed by atoms with E-state index in [-0.39, 0.29) is 16.6 Å². The summed E-state index contributed by atoms with van der Waals surface area (Å²) >= 11 is 0. The number of carbonyl (C=O) groups excluding carboxylic acids is 2. The minimum absolute atomic E-state index is 0.00597. The molecule has 12 nitrogen and oxygen atoms in total. The number of rotatable bonds is 4. The van der Waals surface area contributed by atoms with Gasteiger partial charge in [0.15, 0.2) is 6.20 Å². The first-order chi connectivity index (χ1) is 17.3. The first kappa shape index (κ1) is 22.3. The van der Waals surface area contributed by atoms with E-state index in [2.05, 4.69) is 25.7 Å². The largest absolute Gasteiger partial charge is 0.462 e. The fraction of sp³-hybridized carbons (Fsp3) is 0.333. The number of esters is 1. The summed E-state index contributed by atoms with van der Waals surface area (Å²) in [5, 5.41) is 17.6. The van der Waals surface area contributed by atoms with E-state index in [1.54, 1.807) is 25.5 Å². The van der Waals surface area contributed by atoms with Gasteiger partial charge < -0.3 is 15.4 Å². The average Bonchev–Trinajstić information content (AvgIpc) is 3.51. The molecule has 1 aromatic carbocycles. The fourth-order valence-corrected chi connectivity index (χ4v) is 4.89. The number of hydrogen-bond acceptors (Lipinski definition) is 9. The zero-order valence-electron chi connectivity index (χ0n) is 20.2. The van der Waals surface area contributed by atoms with Crippen LogP contribution >= 0.6 is 0 Å². The first-order valence-corrected chi connectivity index (χ1v) is 11.8. The van der Waals surface area contributed by atoms with Gasteiger partial charge in [-0.2, -0.15) is 5.10 Å². The van der Waals surface area contributed by atoms with Gasteiger partial charge in [0.2, 0.25) is 5.91 Å². The molecular weight excluding hydrogens is 462 g/mol. The van der Waals surface area contributed by atoms with Crippen LogP contribution in [0.25, 0.3) is 0 Å². The molecule has 2 aromatic rings. The lowest BCUT2D eigenvalue weighted by Gasteiger charge is -2.37. The van der Waals surface area contributed by atoms with Crippen LogP contribution in [0.1, 0.15) is 42.4 Å². The van der Waals surface area contributed by atoms with Gasteiger partial charge in [-0.3, -0.25) is 14.5 Å². The van der Waals surface area contributed by atoms with E-state index >= 15 is 0 Å². The van der Waals surface area contributed by atoms with Crippen molar-refractivity contribution >= 4 is 41.3 Å². The number of nitrogens with zero attached hydrogens (tertiary/aromatic N) is 7. The maximum atomic E-state index is 12.5. The zero-order chi connectivity index (χ0) is 25.1. The molecule has 12 heteroatoms. The van der Waals surface area contributed by atoms with E-state index in [9.17, 15) is 9.59 Å². The van der Waals surface area contributed by atoms with Crippen molar-refractivity contribution in [2.75, 3.05) is 23.8 Å². The van der Waals surface area contributed by atoms with E-state index in [1.807, 2.05) is 42.9 Å². The Morgan fingerprint density at radius 3 is 3.00 bits per heavy atom. The van der Waals surface area contributed by atoms with Crippen LogP contribution in [0.5, 0.6) is 0 Å². The van der Waals surface area contributed by atoms with E-state index < -0.39 is 5.41 Å². The lowest BCUT2D eigenvalue weighted by atomic mass is 9.86. The van der Waals surface area contributed by atoms with E-state index in [1.165, 1.54) is 0 Å². The van der Waals surface area contributed by atoms with Gasteiger partial charge in [-0.15, -0.1) is 10.0 Å². The van der Waals surface area contributed by atoms with Crippen LogP contribution in [-0.4, -0.2) is 62.5 Å². The highest BCUT2D eigenvalue weighted by atomic mass is 16.5. The Kier molecular flexibility index (Phi) is 4.92. The standard InChI is InChI=1S/C24H25N9O3/c1-4-36-21(34)16-12-26-32-9-8-31(14-19(16)32)33-10-7-25-13-20(33)29-23(30-33)27-15-5-6-17-18(11-15)28-22(35)24(17,2)3/h5-7,10-13H,4,8-9,14H2,1-3H3,(H-,27,28,30,35)/p+1. The third-order valence-corrected chi connectivity index (χ3v) is 6.90. The van der Waals surface area contributed by atoms with Crippen molar-refractivity contribution in [2.45, 2.75) is 39.3 Å². The van der Waals surface area contributed by atoms with Gasteiger partial charge in [-0.1, -0.05) is 6.07 Å². The quantitative estimate of drug-likeness (QED) is 0.502. The molecule has 5 heterocycles. The molecule has 6 rings (SSSR count). The van der Waals surface area contributed by atoms with Crippen LogP contribution < -0.4 is 10.6 Å². The van der Waals surface area contributed by atoms with Gasteiger partial charge in [0.05, 0.1) is 49.7 Å². The Morgan fingerprint density at radius 1 is 1.31 bits per heavy atom. The van der Waals surface area contributed by atoms with Gasteiger partial charge in [0.1, 0.15) is 11.8 Å². The molecule has 1 unspecified atom stereocenters. The molecule has 1 atom stereocenters. The lowest BCUT2D eigenvalue weighted by molar-refractivity contribution is -0.921. The monoisotopic (exact) mass is 488 g/mol. The third kappa shape index (κ3) is 3.29. The highest BCUT2D eigenvalue weighted by Crippen LogP contribution is 2.39. The summed E-state index contributed by atoms with van der Waals surface area (Å²) in [5.41, 5.74) is 3.15. The molecule has 4 aliphatic rings. The molecule has 2 N–H and O–H groups in total. The number of amides is 1. The van der Waals surface area contributed by atoms with Crippen LogP contribution in [0, 0.1) is 0 Å². The van der Waals surface area contributed by atoms with Crippen molar-refractivity contribution in [3.05, 3.63) is 53.6 Å². The first-order valence-electron chi connectivity index (χ1n) is 11.8. The van der Waals surface area contributed by atoms with E-state index in [4.69, 9.17) is 14.8 Å². The van der Waals surface area contributed by atoms with Gasteiger partial charge in [-0.05, 0) is 48.3 Å². The number of benzene rings is 1. The molecule has 1 amide bonds. The summed E-state index contributed by atoms with van der Waals surface area (Å²) in [4.78, 5) is 33.7. The Morgan fingerprint density at radius 2 is 2.17 bits per heavy atom. The smallest absolute Gasteiger partial charge is 0.341 e. The second-order valence-corrected chi connectivity index (χ2v) is 9.42. The summed E-state index contributed by atoms with van der Waals surface area (Å²) in [7, 11) is 0. The molecule has 0 spiro atoms. The van der Waals surface area contributed by atoms with Crippen LogP contribution in [0.2, 0.25) is 0 Å². The zero-order valence-corrected chi connectivity index (χ0v) is 20.2. The topological polar surface area (TPSA) is 126 Å².